The zero-order valence-corrected chi connectivity index (χ0v) is 24.2. The summed E-state index contributed by atoms with van der Waals surface area (Å²) in [7, 11) is 0. The van der Waals surface area contributed by atoms with E-state index in [0.717, 1.165) is 35.5 Å². The van der Waals surface area contributed by atoms with Crippen molar-refractivity contribution in [3.05, 3.63) is 66.1 Å². The van der Waals surface area contributed by atoms with Crippen LogP contribution in [0.5, 0.6) is 0 Å². The number of anilines is 1. The van der Waals surface area contributed by atoms with E-state index in [2.05, 4.69) is 15.0 Å². The van der Waals surface area contributed by atoms with Crippen molar-refractivity contribution in [1.29, 1.82) is 0 Å². The fourth-order valence-corrected chi connectivity index (χ4v) is 6.20. The van der Waals surface area contributed by atoms with Crippen LogP contribution in [0.15, 0.2) is 54.9 Å². The number of pyridine rings is 1. The number of carbonyl (C=O) groups excluding carboxylic acids is 1. The lowest BCUT2D eigenvalue weighted by molar-refractivity contribution is -0.172. The lowest BCUT2D eigenvalue weighted by atomic mass is 9.76. The van der Waals surface area contributed by atoms with Crippen LogP contribution in [0.3, 0.4) is 0 Å². The van der Waals surface area contributed by atoms with Crippen molar-refractivity contribution in [2.45, 2.75) is 44.1 Å². The number of morpholine rings is 1. The Bertz CT molecular complexity index is 1610. The summed E-state index contributed by atoms with van der Waals surface area (Å²) in [4.78, 5) is 37.1. The monoisotopic (exact) mass is 584 g/mol. The van der Waals surface area contributed by atoms with Gasteiger partial charge in [-0.2, -0.15) is 9.61 Å². The van der Waals surface area contributed by atoms with Gasteiger partial charge in [0.15, 0.2) is 17.0 Å². The first kappa shape index (κ1) is 28.9. The van der Waals surface area contributed by atoms with Crippen LogP contribution in [0.4, 0.5) is 5.82 Å². The SMILES string of the molecule is CC(=O)c1c(N)n2ncc(-c3ccc(-c4ccccc4)nc3)c2nc1[C@H]1CC[C@](OCCN2CCOCC2)(C(=O)O)CC1. The van der Waals surface area contributed by atoms with Crippen LogP contribution < -0.4 is 5.73 Å². The molecule has 2 aliphatic rings. The van der Waals surface area contributed by atoms with Gasteiger partial charge in [-0.05, 0) is 38.7 Å². The quantitative estimate of drug-likeness (QED) is 0.276. The Balaban J connectivity index is 1.26. The second kappa shape index (κ2) is 12.2. The number of hydrogen-bond acceptors (Lipinski definition) is 9. The zero-order valence-electron chi connectivity index (χ0n) is 24.2. The first-order valence-electron chi connectivity index (χ1n) is 14.7. The van der Waals surface area contributed by atoms with Gasteiger partial charge in [0.05, 0.1) is 43.0 Å². The number of nitrogens with two attached hydrogens (primary N) is 1. The number of nitrogen functional groups attached to an aromatic ring is 1. The van der Waals surface area contributed by atoms with Gasteiger partial charge in [0.1, 0.15) is 5.82 Å². The molecule has 3 N–H and O–H groups in total. The maximum atomic E-state index is 12.8. The minimum Gasteiger partial charge on any atom is -0.479 e. The molecule has 0 unspecified atom stereocenters. The smallest absolute Gasteiger partial charge is 0.335 e. The van der Waals surface area contributed by atoms with E-state index in [1.54, 1.807) is 12.4 Å². The molecule has 4 heterocycles. The molecule has 0 radical (unpaired) electrons. The summed E-state index contributed by atoms with van der Waals surface area (Å²) in [5.74, 6) is -1.08. The number of Topliss-reactive ketones (excluding diaryl/α,β-unsaturated/α-hetero) is 1. The number of benzene rings is 1. The van der Waals surface area contributed by atoms with Gasteiger partial charge in [-0.25, -0.2) is 9.78 Å². The predicted molar refractivity (Wildman–Crippen MR) is 161 cm³/mol. The van der Waals surface area contributed by atoms with E-state index >= 15 is 0 Å². The van der Waals surface area contributed by atoms with E-state index in [-0.39, 0.29) is 17.5 Å². The number of aliphatic carboxylic acids is 1. The molecule has 0 amide bonds. The Labute approximate surface area is 249 Å². The Morgan fingerprint density at radius 2 is 1.81 bits per heavy atom. The second-order valence-electron chi connectivity index (χ2n) is 11.3. The van der Waals surface area contributed by atoms with E-state index in [4.69, 9.17) is 20.2 Å². The molecule has 0 spiro atoms. The van der Waals surface area contributed by atoms with Crippen molar-refractivity contribution in [3.8, 4) is 22.4 Å². The Morgan fingerprint density at radius 1 is 1.07 bits per heavy atom. The Morgan fingerprint density at radius 3 is 2.47 bits per heavy atom. The lowest BCUT2D eigenvalue weighted by Crippen LogP contribution is -2.47. The van der Waals surface area contributed by atoms with E-state index < -0.39 is 11.6 Å². The number of rotatable bonds is 9. The Hall–Kier alpha value is -4.19. The van der Waals surface area contributed by atoms with E-state index in [9.17, 15) is 14.7 Å². The first-order valence-corrected chi connectivity index (χ1v) is 14.7. The topological polar surface area (TPSA) is 145 Å². The number of hydrogen-bond donors (Lipinski definition) is 2. The molecule has 1 saturated carbocycles. The van der Waals surface area contributed by atoms with E-state index in [1.807, 2.05) is 42.5 Å². The maximum absolute atomic E-state index is 12.8. The lowest BCUT2D eigenvalue weighted by Gasteiger charge is -2.37. The average molecular weight is 585 g/mol. The molecule has 1 aliphatic heterocycles. The van der Waals surface area contributed by atoms with Gasteiger partial charge < -0.3 is 20.3 Å². The summed E-state index contributed by atoms with van der Waals surface area (Å²) in [6.07, 6.45) is 5.11. The van der Waals surface area contributed by atoms with Crippen molar-refractivity contribution in [3.63, 3.8) is 0 Å². The molecule has 43 heavy (non-hydrogen) atoms. The zero-order chi connectivity index (χ0) is 30.0. The van der Waals surface area contributed by atoms with Gasteiger partial charge in [0.25, 0.3) is 0 Å². The van der Waals surface area contributed by atoms with Gasteiger partial charge in [-0.3, -0.25) is 14.7 Å². The highest BCUT2D eigenvalue weighted by molar-refractivity contribution is 6.00. The maximum Gasteiger partial charge on any atom is 0.335 e. The molecule has 11 nitrogen and oxygen atoms in total. The molecule has 6 rings (SSSR count). The summed E-state index contributed by atoms with van der Waals surface area (Å²) >= 11 is 0. The van der Waals surface area contributed by atoms with Crippen LogP contribution in [-0.4, -0.2) is 86.4 Å². The number of carboxylic acid groups (broad SMARTS) is 1. The number of nitrogens with zero attached hydrogens (tertiary/aromatic N) is 5. The molecule has 0 atom stereocenters. The van der Waals surface area contributed by atoms with Gasteiger partial charge in [-0.1, -0.05) is 36.4 Å². The van der Waals surface area contributed by atoms with Crippen LogP contribution in [0.1, 0.15) is 54.6 Å². The summed E-state index contributed by atoms with van der Waals surface area (Å²) in [6.45, 7) is 5.47. The van der Waals surface area contributed by atoms with Crippen molar-refractivity contribution < 1.29 is 24.2 Å². The normalized spacial score (nSPS) is 21.2. The minimum absolute atomic E-state index is 0.150. The van der Waals surface area contributed by atoms with Crippen molar-refractivity contribution in [1.82, 2.24) is 24.5 Å². The third-order valence-electron chi connectivity index (χ3n) is 8.67. The van der Waals surface area contributed by atoms with Gasteiger partial charge >= 0.3 is 5.97 Å². The highest BCUT2D eigenvalue weighted by atomic mass is 16.5. The summed E-state index contributed by atoms with van der Waals surface area (Å²) < 4.78 is 13.0. The average Bonchev–Trinajstić information content (AvgIpc) is 3.46. The predicted octanol–water partition coefficient (Wildman–Crippen LogP) is 4.07. The van der Waals surface area contributed by atoms with E-state index in [0.29, 0.717) is 69.0 Å². The van der Waals surface area contributed by atoms with Crippen molar-refractivity contribution >= 4 is 23.2 Å². The number of carboxylic acids is 1. The van der Waals surface area contributed by atoms with Crippen molar-refractivity contribution in [2.24, 2.45) is 0 Å². The highest BCUT2D eigenvalue weighted by Gasteiger charge is 2.44. The molecule has 3 aromatic heterocycles. The van der Waals surface area contributed by atoms with Gasteiger partial charge in [0.2, 0.25) is 0 Å². The molecule has 1 aromatic carbocycles. The second-order valence-corrected chi connectivity index (χ2v) is 11.3. The number of ether oxygens (including phenoxy) is 2. The molecule has 11 heteroatoms. The molecule has 1 aliphatic carbocycles. The Kier molecular flexibility index (Phi) is 8.20. The van der Waals surface area contributed by atoms with Crippen LogP contribution in [0.2, 0.25) is 0 Å². The van der Waals surface area contributed by atoms with Gasteiger partial charge in [-0.15, -0.1) is 0 Å². The molecule has 0 bridgehead atoms. The number of carbonyl (C=O) groups is 2. The summed E-state index contributed by atoms with van der Waals surface area (Å²) in [6, 6.07) is 13.8. The number of aromatic nitrogens is 4. The third kappa shape index (κ3) is 5.75. The molecule has 2 fully saturated rings. The highest BCUT2D eigenvalue weighted by Crippen LogP contribution is 2.42. The first-order chi connectivity index (χ1) is 20.9. The van der Waals surface area contributed by atoms with Gasteiger partial charge in [0, 0.05) is 48.4 Å². The fourth-order valence-electron chi connectivity index (χ4n) is 6.20. The largest absolute Gasteiger partial charge is 0.479 e. The number of ketones is 1. The van der Waals surface area contributed by atoms with Crippen LogP contribution in [0.25, 0.3) is 28.0 Å². The van der Waals surface area contributed by atoms with Crippen LogP contribution in [0, 0.1) is 0 Å². The molecular weight excluding hydrogens is 548 g/mol. The summed E-state index contributed by atoms with van der Waals surface area (Å²) in [5, 5.41) is 14.6. The fraction of sp³-hybridized carbons (Fsp3) is 0.406. The van der Waals surface area contributed by atoms with Crippen LogP contribution in [-0.2, 0) is 14.3 Å². The molecule has 1 saturated heterocycles. The molecule has 4 aromatic rings. The summed E-state index contributed by atoms with van der Waals surface area (Å²) in [5.41, 5.74) is 10.2. The third-order valence-corrected chi connectivity index (χ3v) is 8.67. The standard InChI is InChI=1S/C32H36N6O5/c1-21(39)27-28(23-9-11-32(12-10-23,31(40)41)43-18-15-37-13-16-42-17-14-37)36-30-25(20-35-38(30)29(27)33)24-7-8-26(34-19-24)22-5-3-2-4-6-22/h2-8,19-20,23H,9-18,33H2,1H3,(H,40,41)/t23-,32+. The molecular formula is C32H36N6O5. The number of fused-ring (bicyclic) bond motifs is 1. The van der Waals surface area contributed by atoms with Crippen molar-refractivity contribution in [2.75, 3.05) is 45.2 Å². The minimum atomic E-state index is -1.26. The van der Waals surface area contributed by atoms with Crippen LogP contribution >= 0.6 is 0 Å². The molecule has 224 valence electrons. The van der Waals surface area contributed by atoms with E-state index in [1.165, 1.54) is 11.4 Å².